The highest BCUT2D eigenvalue weighted by Gasteiger charge is 2.21. The van der Waals surface area contributed by atoms with Crippen molar-refractivity contribution >= 4 is 0 Å². The smallest absolute Gasteiger partial charge is 0.298 e. The van der Waals surface area contributed by atoms with Crippen LogP contribution in [0, 0.1) is 13.8 Å². The summed E-state index contributed by atoms with van der Waals surface area (Å²) in [6, 6.07) is 0. The van der Waals surface area contributed by atoms with Crippen LogP contribution in [0.3, 0.4) is 0 Å². The molecule has 1 aromatic carbocycles. The van der Waals surface area contributed by atoms with E-state index in [0.717, 1.165) is 0 Å². The Kier molecular flexibility index (Phi) is 0.834. The summed E-state index contributed by atoms with van der Waals surface area (Å²) in [6.07, 6.45) is 0. The van der Waals surface area contributed by atoms with Gasteiger partial charge in [0.05, 0.1) is 0 Å². The van der Waals surface area contributed by atoms with E-state index in [2.05, 4.69) is 0 Å². The van der Waals surface area contributed by atoms with Gasteiger partial charge in [0.25, 0.3) is 5.43 Å². The predicted octanol–water partition coefficient (Wildman–Crippen LogP) is 0.526. The van der Waals surface area contributed by atoms with E-state index in [4.69, 9.17) is 5.11 Å². The van der Waals surface area contributed by atoms with Crippen molar-refractivity contribution in [2.45, 2.75) is 13.8 Å². The van der Waals surface area contributed by atoms with Gasteiger partial charge in [-0.2, -0.15) is 0 Å². The van der Waals surface area contributed by atoms with Crippen LogP contribution in [0.25, 0.3) is 0 Å². The fourth-order valence-electron chi connectivity index (χ4n) is 0.715. The van der Waals surface area contributed by atoms with E-state index in [1.807, 2.05) is 0 Å². The highest BCUT2D eigenvalue weighted by atomic mass is 16.3. The van der Waals surface area contributed by atoms with E-state index >= 15 is 0 Å². The van der Waals surface area contributed by atoms with Gasteiger partial charge in [-0.15, -0.1) is 0 Å². The third kappa shape index (κ3) is 0.372. The van der Waals surface area contributed by atoms with Gasteiger partial charge in [0.15, 0.2) is 0 Å². The summed E-state index contributed by atoms with van der Waals surface area (Å²) in [7, 11) is 0. The largest absolute Gasteiger partial charge is 0.487 e. The molecule has 0 atom stereocenters. The number of hydrogen-bond donors (Lipinski definition) is 1. The van der Waals surface area contributed by atoms with Gasteiger partial charge in [-0.25, -0.2) is 0 Å². The van der Waals surface area contributed by atoms with Crippen molar-refractivity contribution in [1.82, 2.24) is 0 Å². The van der Waals surface area contributed by atoms with E-state index in [0.29, 0.717) is 11.1 Å². The van der Waals surface area contributed by atoms with Crippen molar-refractivity contribution in [3.05, 3.63) is 21.4 Å². The molecule has 1 N–H and O–H groups in total. The van der Waals surface area contributed by atoms with Gasteiger partial charge in [-0.1, -0.05) is 0 Å². The first-order chi connectivity index (χ1) is 3.64. The zero-order chi connectivity index (χ0) is 6.31. The third-order valence-electron chi connectivity index (χ3n) is 1.39. The molecule has 0 aliphatic heterocycles. The first-order valence-electron chi connectivity index (χ1n) is 2.43. The number of rotatable bonds is 0. The van der Waals surface area contributed by atoms with E-state index in [-0.39, 0.29) is 11.2 Å². The lowest BCUT2D eigenvalue weighted by Crippen LogP contribution is -2.14. The summed E-state index contributed by atoms with van der Waals surface area (Å²) in [5.74, 6) is 0.176. The van der Waals surface area contributed by atoms with Gasteiger partial charge in [-0.05, 0) is 0 Å². The van der Waals surface area contributed by atoms with Crippen molar-refractivity contribution in [1.29, 1.82) is 0 Å². The third-order valence-corrected chi connectivity index (χ3v) is 1.39. The van der Waals surface area contributed by atoms with Crippen LogP contribution in [-0.2, 0) is 0 Å². The number of hydrogen-bond acceptors (Lipinski definition) is 2. The van der Waals surface area contributed by atoms with Crippen LogP contribution >= 0.6 is 0 Å². The summed E-state index contributed by atoms with van der Waals surface area (Å²) in [5.41, 5.74) is 0.965. The minimum Gasteiger partial charge on any atom is -0.487 e. The second kappa shape index (κ2) is 1.28. The molecule has 0 fully saturated rings. The molecule has 1 rings (SSSR count). The number of aromatic hydroxyl groups is 1. The second-order valence-corrected chi connectivity index (χ2v) is 1.93. The van der Waals surface area contributed by atoms with Crippen LogP contribution in [0.1, 0.15) is 11.1 Å². The topological polar surface area (TPSA) is 37.3 Å². The zero-order valence-electron chi connectivity index (χ0n) is 4.86. The quantitative estimate of drug-likeness (QED) is 0.496. The molecule has 0 aromatic heterocycles. The van der Waals surface area contributed by atoms with E-state index in [1.165, 1.54) is 0 Å². The second-order valence-electron chi connectivity index (χ2n) is 1.93. The molecule has 0 aliphatic carbocycles. The molecule has 0 saturated heterocycles. The average Bonchev–Trinajstić information content (AvgIpc) is 1.83. The molecule has 0 saturated carbocycles. The van der Waals surface area contributed by atoms with Crippen LogP contribution in [-0.4, -0.2) is 5.11 Å². The van der Waals surface area contributed by atoms with Crippen LogP contribution in [0.15, 0.2) is 4.79 Å². The minimum atomic E-state index is -0.0116. The molecule has 2 heteroatoms. The van der Waals surface area contributed by atoms with Gasteiger partial charge >= 0.3 is 0 Å². The summed E-state index contributed by atoms with van der Waals surface area (Å²) in [4.78, 5) is 10.5. The SMILES string of the molecule is Cc1c(O)[c+](C)c1=O. The zero-order valence-corrected chi connectivity index (χ0v) is 4.86. The Labute approximate surface area is 47.1 Å². The predicted molar refractivity (Wildman–Crippen MR) is 30.6 cm³/mol. The highest BCUT2D eigenvalue weighted by molar-refractivity contribution is 5.45. The highest BCUT2D eigenvalue weighted by Crippen LogP contribution is 2.18. The minimum absolute atomic E-state index is 0.0116. The molecule has 0 radical (unpaired) electrons. The Morgan fingerprint density at radius 2 is 2.12 bits per heavy atom. The average molecular weight is 111 g/mol. The van der Waals surface area contributed by atoms with E-state index in [9.17, 15) is 4.79 Å². The molecule has 0 spiro atoms. The molecule has 0 amide bonds. The molecule has 2 nitrogen and oxygen atoms in total. The lowest BCUT2D eigenvalue weighted by atomic mass is 10.0. The maximum absolute atomic E-state index is 10.5. The lowest BCUT2D eigenvalue weighted by Gasteiger charge is -1.94. The van der Waals surface area contributed by atoms with Crippen LogP contribution in [0.4, 0.5) is 0 Å². The summed E-state index contributed by atoms with van der Waals surface area (Å²) >= 11 is 0. The van der Waals surface area contributed by atoms with Crippen molar-refractivity contribution in [2.75, 3.05) is 0 Å². The maximum atomic E-state index is 10.5. The summed E-state index contributed by atoms with van der Waals surface area (Å²) in [6.45, 7) is 3.23. The van der Waals surface area contributed by atoms with Crippen molar-refractivity contribution in [3.8, 4) is 5.75 Å². The Bertz CT molecular complexity index is 213. The van der Waals surface area contributed by atoms with E-state index < -0.39 is 0 Å². The fraction of sp³-hybridized carbons (Fsp3) is 0.333. The van der Waals surface area contributed by atoms with Gasteiger partial charge < -0.3 is 5.11 Å². The van der Waals surface area contributed by atoms with Gasteiger partial charge in [-0.3, -0.25) is 4.79 Å². The van der Waals surface area contributed by atoms with Crippen molar-refractivity contribution in [2.24, 2.45) is 0 Å². The Hall–Kier alpha value is -0.920. The molecule has 0 unspecified atom stereocenters. The molecular weight excluding hydrogens is 104 g/mol. The fourth-order valence-corrected chi connectivity index (χ4v) is 0.715. The van der Waals surface area contributed by atoms with Crippen LogP contribution in [0.2, 0.25) is 0 Å². The molecule has 0 heterocycles. The van der Waals surface area contributed by atoms with Crippen LogP contribution in [0.5, 0.6) is 5.75 Å². The monoisotopic (exact) mass is 111 g/mol. The van der Waals surface area contributed by atoms with Gasteiger partial charge in [0, 0.05) is 13.8 Å². The summed E-state index contributed by atoms with van der Waals surface area (Å²) < 4.78 is 0. The Balaban J connectivity index is 3.25. The first-order valence-corrected chi connectivity index (χ1v) is 2.43. The normalized spacial score (nSPS) is 10.2. The lowest BCUT2D eigenvalue weighted by molar-refractivity contribution is 0.458. The Morgan fingerprint density at radius 3 is 2.25 bits per heavy atom. The molecule has 8 heavy (non-hydrogen) atoms. The van der Waals surface area contributed by atoms with Crippen molar-refractivity contribution in [3.63, 3.8) is 0 Å². The van der Waals surface area contributed by atoms with Crippen molar-refractivity contribution < 1.29 is 5.11 Å². The molecule has 0 bridgehead atoms. The Morgan fingerprint density at radius 1 is 1.62 bits per heavy atom. The van der Waals surface area contributed by atoms with Gasteiger partial charge in [0.2, 0.25) is 5.75 Å². The molecule has 0 aliphatic rings. The van der Waals surface area contributed by atoms with Crippen LogP contribution < -0.4 is 5.43 Å². The first kappa shape index (κ1) is 5.22. The maximum Gasteiger partial charge on any atom is 0.298 e. The molecule has 1 aromatic rings. The van der Waals surface area contributed by atoms with Gasteiger partial charge in [0.1, 0.15) is 11.1 Å². The van der Waals surface area contributed by atoms with E-state index in [1.54, 1.807) is 13.8 Å². The molecular formula is C6H7O2+. The molecule has 42 valence electrons. The standard InChI is InChI=1S/C6H6O2/c1-3-5(7)4(2)6(3)8/h1-2H3/p+1. The summed E-state index contributed by atoms with van der Waals surface area (Å²) in [5, 5.41) is 8.78.